The summed E-state index contributed by atoms with van der Waals surface area (Å²) in [6, 6.07) is 12.6. The number of guanidine groups is 1. The number of rotatable bonds is 9. The third kappa shape index (κ3) is 6.97. The van der Waals surface area contributed by atoms with Crippen LogP contribution in [0.3, 0.4) is 0 Å². The molecule has 8 heteroatoms. The lowest BCUT2D eigenvalue weighted by Crippen LogP contribution is -2.43. The summed E-state index contributed by atoms with van der Waals surface area (Å²) in [7, 11) is 5.19. The number of likely N-dealkylation sites (tertiary alicyclic amines) is 1. The molecule has 1 amide bonds. The summed E-state index contributed by atoms with van der Waals surface area (Å²) >= 11 is 1.70. The number of ether oxygens (including phenoxy) is 1. The van der Waals surface area contributed by atoms with Gasteiger partial charge in [-0.25, -0.2) is 4.99 Å². The van der Waals surface area contributed by atoms with Gasteiger partial charge in [0, 0.05) is 25.5 Å². The molecule has 2 heterocycles. The van der Waals surface area contributed by atoms with Crippen LogP contribution in [0.2, 0.25) is 0 Å². The van der Waals surface area contributed by atoms with Gasteiger partial charge in [0.25, 0.3) is 0 Å². The number of hydrogen-bond donors (Lipinski definition) is 2. The Morgan fingerprint density at radius 2 is 2.03 bits per heavy atom. The van der Waals surface area contributed by atoms with Crippen LogP contribution in [-0.2, 0) is 11.3 Å². The number of thiophene rings is 1. The minimum absolute atomic E-state index is 0.0267. The van der Waals surface area contributed by atoms with Crippen molar-refractivity contribution in [2.45, 2.75) is 25.4 Å². The summed E-state index contributed by atoms with van der Waals surface area (Å²) in [6.07, 6.45) is 2.44. The van der Waals surface area contributed by atoms with Gasteiger partial charge in [0.2, 0.25) is 5.91 Å². The number of carbonyl (C=O) groups excluding carboxylic acids is 1. The Kier molecular flexibility index (Phi) is 8.73. The highest BCUT2D eigenvalue weighted by Gasteiger charge is 2.24. The smallest absolute Gasteiger partial charge is 0.243 e. The van der Waals surface area contributed by atoms with E-state index >= 15 is 0 Å². The van der Waals surface area contributed by atoms with Crippen molar-refractivity contribution in [3.05, 3.63) is 52.2 Å². The van der Waals surface area contributed by atoms with Gasteiger partial charge in [-0.05, 0) is 55.1 Å². The molecule has 1 aromatic heterocycles. The van der Waals surface area contributed by atoms with Crippen LogP contribution >= 0.6 is 11.3 Å². The Balaban J connectivity index is 1.72. The standard InChI is InChI=1S/C23H33N5O2S/c1-27(2)22(29)17-26-23(24-15-20-10-7-13-31-20)25-16-21(28-11-4-5-12-28)18-8-6-9-19(14-18)30-3/h6-10,13-14,21H,4-5,11-12,15-17H2,1-3H3,(H2,24,25,26). The van der Waals surface area contributed by atoms with E-state index < -0.39 is 0 Å². The third-order valence-electron chi connectivity index (χ3n) is 5.40. The van der Waals surface area contributed by atoms with Crippen molar-refractivity contribution in [2.75, 3.05) is 47.4 Å². The Morgan fingerprint density at radius 1 is 1.23 bits per heavy atom. The molecule has 31 heavy (non-hydrogen) atoms. The highest BCUT2D eigenvalue weighted by atomic mass is 32.1. The Labute approximate surface area is 189 Å². The predicted molar refractivity (Wildman–Crippen MR) is 127 cm³/mol. The predicted octanol–water partition coefficient (Wildman–Crippen LogP) is 2.72. The summed E-state index contributed by atoms with van der Waals surface area (Å²) < 4.78 is 5.44. The van der Waals surface area contributed by atoms with Gasteiger partial charge in [0.05, 0.1) is 19.7 Å². The molecule has 1 atom stereocenters. The zero-order valence-corrected chi connectivity index (χ0v) is 19.5. The van der Waals surface area contributed by atoms with Gasteiger partial charge in [-0.3, -0.25) is 9.69 Å². The molecule has 1 aliphatic heterocycles. The fourth-order valence-electron chi connectivity index (χ4n) is 3.60. The van der Waals surface area contributed by atoms with Gasteiger partial charge in [-0.15, -0.1) is 11.3 Å². The third-order valence-corrected chi connectivity index (χ3v) is 6.28. The number of carbonyl (C=O) groups is 1. The molecule has 0 saturated carbocycles. The largest absolute Gasteiger partial charge is 0.497 e. The van der Waals surface area contributed by atoms with Crippen LogP contribution in [0, 0.1) is 0 Å². The van der Waals surface area contributed by atoms with E-state index in [9.17, 15) is 4.79 Å². The van der Waals surface area contributed by atoms with Crippen LogP contribution in [0.25, 0.3) is 0 Å². The van der Waals surface area contributed by atoms with E-state index in [0.717, 1.165) is 18.8 Å². The first-order valence-electron chi connectivity index (χ1n) is 10.7. The maximum Gasteiger partial charge on any atom is 0.243 e. The fraction of sp³-hybridized carbons (Fsp3) is 0.478. The van der Waals surface area contributed by atoms with Gasteiger partial charge in [-0.2, -0.15) is 0 Å². The van der Waals surface area contributed by atoms with Crippen LogP contribution in [0.4, 0.5) is 0 Å². The molecule has 1 saturated heterocycles. The highest BCUT2D eigenvalue weighted by molar-refractivity contribution is 7.09. The molecule has 2 aromatic rings. The molecule has 1 aliphatic rings. The van der Waals surface area contributed by atoms with E-state index in [1.807, 2.05) is 18.2 Å². The lowest BCUT2D eigenvalue weighted by Gasteiger charge is -2.29. The van der Waals surface area contributed by atoms with Crippen LogP contribution in [-0.4, -0.2) is 69.1 Å². The molecule has 0 aliphatic carbocycles. The number of methoxy groups -OCH3 is 1. The van der Waals surface area contributed by atoms with E-state index in [1.165, 1.54) is 23.3 Å². The SMILES string of the molecule is COc1cccc(C(CNC(=NCC(=O)N(C)C)NCc2cccs2)N2CCCC2)c1. The first kappa shape index (κ1) is 23.1. The van der Waals surface area contributed by atoms with E-state index in [-0.39, 0.29) is 18.5 Å². The molecule has 1 fully saturated rings. The van der Waals surface area contributed by atoms with Gasteiger partial charge >= 0.3 is 0 Å². The van der Waals surface area contributed by atoms with Crippen molar-refractivity contribution >= 4 is 23.2 Å². The van der Waals surface area contributed by atoms with Crippen LogP contribution < -0.4 is 15.4 Å². The van der Waals surface area contributed by atoms with Gasteiger partial charge in [-0.1, -0.05) is 18.2 Å². The maximum absolute atomic E-state index is 12.1. The Bertz CT molecular complexity index is 847. The topological polar surface area (TPSA) is 69.2 Å². The second-order valence-electron chi connectivity index (χ2n) is 7.80. The second-order valence-corrected chi connectivity index (χ2v) is 8.83. The van der Waals surface area contributed by atoms with Crippen molar-refractivity contribution < 1.29 is 9.53 Å². The van der Waals surface area contributed by atoms with Crippen molar-refractivity contribution in [1.29, 1.82) is 0 Å². The van der Waals surface area contributed by atoms with Gasteiger partial charge in [0.15, 0.2) is 5.96 Å². The number of amides is 1. The minimum Gasteiger partial charge on any atom is -0.497 e. The zero-order valence-electron chi connectivity index (χ0n) is 18.6. The fourth-order valence-corrected chi connectivity index (χ4v) is 4.24. The Morgan fingerprint density at radius 3 is 2.71 bits per heavy atom. The Hall–Kier alpha value is -2.58. The number of benzene rings is 1. The lowest BCUT2D eigenvalue weighted by atomic mass is 10.1. The lowest BCUT2D eigenvalue weighted by molar-refractivity contribution is -0.127. The monoisotopic (exact) mass is 443 g/mol. The summed E-state index contributed by atoms with van der Waals surface area (Å²) in [5, 5.41) is 8.91. The zero-order chi connectivity index (χ0) is 22.1. The molecule has 0 radical (unpaired) electrons. The molecule has 2 N–H and O–H groups in total. The second kappa shape index (κ2) is 11.7. The summed E-state index contributed by atoms with van der Waals surface area (Å²) in [5.74, 6) is 1.49. The van der Waals surface area contributed by atoms with Crippen molar-refractivity contribution in [1.82, 2.24) is 20.4 Å². The first-order chi connectivity index (χ1) is 15.1. The number of nitrogens with one attached hydrogen (secondary N) is 2. The number of likely N-dealkylation sites (N-methyl/N-ethyl adjacent to an activating group) is 1. The van der Waals surface area contributed by atoms with Crippen molar-refractivity contribution in [3.8, 4) is 5.75 Å². The van der Waals surface area contributed by atoms with E-state index in [0.29, 0.717) is 19.0 Å². The maximum atomic E-state index is 12.1. The van der Waals surface area contributed by atoms with Gasteiger partial charge < -0.3 is 20.3 Å². The number of hydrogen-bond acceptors (Lipinski definition) is 5. The normalized spacial score (nSPS) is 15.5. The first-order valence-corrected chi connectivity index (χ1v) is 11.6. The quantitative estimate of drug-likeness (QED) is 0.461. The molecule has 7 nitrogen and oxygen atoms in total. The van der Waals surface area contributed by atoms with E-state index in [4.69, 9.17) is 4.74 Å². The molecule has 1 aromatic carbocycles. The molecular weight excluding hydrogens is 410 g/mol. The summed E-state index contributed by atoms with van der Waals surface area (Å²) in [4.78, 5) is 21.9. The molecule has 0 bridgehead atoms. The molecule has 0 spiro atoms. The van der Waals surface area contributed by atoms with Crippen LogP contribution in [0.15, 0.2) is 46.8 Å². The van der Waals surface area contributed by atoms with Crippen molar-refractivity contribution in [3.63, 3.8) is 0 Å². The average molecular weight is 444 g/mol. The summed E-state index contributed by atoms with van der Waals surface area (Å²) in [5.41, 5.74) is 1.22. The molecule has 1 unspecified atom stereocenters. The molecular formula is C23H33N5O2S. The number of aliphatic imine (C=N–C) groups is 1. The highest BCUT2D eigenvalue weighted by Crippen LogP contribution is 2.27. The van der Waals surface area contributed by atoms with Gasteiger partial charge in [0.1, 0.15) is 12.3 Å². The van der Waals surface area contributed by atoms with Crippen LogP contribution in [0.1, 0.15) is 29.3 Å². The van der Waals surface area contributed by atoms with Crippen LogP contribution in [0.5, 0.6) is 5.75 Å². The summed E-state index contributed by atoms with van der Waals surface area (Å²) in [6.45, 7) is 3.64. The number of nitrogens with zero attached hydrogens (tertiary/aromatic N) is 3. The average Bonchev–Trinajstić information content (AvgIpc) is 3.49. The molecule has 168 valence electrons. The minimum atomic E-state index is -0.0267. The van der Waals surface area contributed by atoms with E-state index in [1.54, 1.807) is 37.4 Å². The van der Waals surface area contributed by atoms with Crippen molar-refractivity contribution in [2.24, 2.45) is 4.99 Å². The molecule has 3 rings (SSSR count). The van der Waals surface area contributed by atoms with E-state index in [2.05, 4.69) is 44.1 Å².